The molecule has 6 heterocycles. The molecule has 19 aromatic rings. The lowest BCUT2D eigenvalue weighted by Gasteiger charge is -2.38. The molecule has 15 aromatic carbocycles. The highest BCUT2D eigenvalue weighted by atomic mass is 15.1. The van der Waals surface area contributed by atoms with E-state index in [0.29, 0.717) is 87.1 Å². The van der Waals surface area contributed by atoms with E-state index in [2.05, 4.69) is 0 Å². The van der Waals surface area contributed by atoms with E-state index < -0.39 is 133 Å². The number of nitrogens with zero attached hydrogens (tertiary/aromatic N) is 4. The second-order valence-corrected chi connectivity index (χ2v) is 26.4. The molecule has 2 aliphatic heterocycles. The topological polar surface area (TPSA) is 19.7 Å². The minimum atomic E-state index is -1.72. The molecule has 99 heavy (non-hydrogen) atoms. The Hall–Kier alpha value is -12.4. The maximum atomic E-state index is 11.8. The molecule has 0 radical (unpaired) electrons. The third-order valence-electron chi connectivity index (χ3n) is 20.2. The van der Waals surface area contributed by atoms with Crippen LogP contribution in [0.4, 0.5) is 0 Å². The zero-order valence-corrected chi connectivity index (χ0v) is 53.3. The molecule has 4 nitrogen and oxygen atoms in total. The van der Waals surface area contributed by atoms with Crippen molar-refractivity contribution in [3.8, 4) is 45.0 Å². The van der Waals surface area contributed by atoms with Gasteiger partial charge in [-0.05, 0) is 130 Å². The molecule has 0 bridgehead atoms. The van der Waals surface area contributed by atoms with Gasteiger partial charge in [0.2, 0.25) is 0 Å². The Labute approximate surface area is 603 Å². The van der Waals surface area contributed by atoms with Gasteiger partial charge in [-0.2, -0.15) is 0 Å². The second-order valence-electron chi connectivity index (χ2n) is 26.4. The molecule has 21 rings (SSSR count). The number of benzene rings is 15. The molecule has 2 aliphatic rings. The van der Waals surface area contributed by atoms with Gasteiger partial charge in [0.05, 0.1) is 85.7 Å². The van der Waals surface area contributed by atoms with Crippen LogP contribution in [-0.2, 0) is 5.41 Å². The van der Waals surface area contributed by atoms with Crippen LogP contribution in [0.25, 0.3) is 175 Å². The van der Waals surface area contributed by atoms with Crippen LogP contribution in [0.15, 0.2) is 327 Å². The van der Waals surface area contributed by atoms with Crippen LogP contribution in [0.3, 0.4) is 0 Å². The molecule has 0 aliphatic carbocycles. The second kappa shape index (κ2) is 21.0. The molecule has 0 atom stereocenters. The first kappa shape index (κ1) is 38.3. The van der Waals surface area contributed by atoms with Crippen molar-refractivity contribution in [1.82, 2.24) is 18.3 Å². The first-order chi connectivity index (χ1) is 58.0. The molecule has 5 heteroatoms. The maximum Gasteiger partial charge on any atom is 0.252 e. The van der Waals surface area contributed by atoms with Gasteiger partial charge in [0, 0.05) is 65.6 Å². The van der Waals surface area contributed by atoms with Gasteiger partial charge in [0.1, 0.15) is 0 Å². The van der Waals surface area contributed by atoms with Gasteiger partial charge in [-0.3, -0.25) is 0 Å². The summed E-state index contributed by atoms with van der Waals surface area (Å²) in [7, 11) is 0. The minimum Gasteiger partial charge on any atom is -0.309 e. The van der Waals surface area contributed by atoms with E-state index in [1.165, 1.54) is 9.13 Å². The lowest BCUT2D eigenvalue weighted by molar-refractivity contribution is 0.589. The number of hydrogen-bond acceptors (Lipinski definition) is 0. The number of fused-ring (bicyclic) bond motifs is 24. The van der Waals surface area contributed by atoms with Crippen molar-refractivity contribution in [2.24, 2.45) is 0 Å². The van der Waals surface area contributed by atoms with Crippen LogP contribution in [0.2, 0.25) is 0 Å². The van der Waals surface area contributed by atoms with Gasteiger partial charge in [-0.15, -0.1) is 0 Å². The van der Waals surface area contributed by atoms with E-state index in [-0.39, 0.29) is 122 Å². The van der Waals surface area contributed by atoms with Crippen molar-refractivity contribution in [3.05, 3.63) is 333 Å². The predicted octanol–water partition coefficient (Wildman–Crippen LogP) is 22.7. The first-order valence-corrected chi connectivity index (χ1v) is 32.9. The van der Waals surface area contributed by atoms with Crippen molar-refractivity contribution < 1.29 is 30.2 Å². The fraction of sp³-hybridized carbons (Fsp3) is 0.0426. The van der Waals surface area contributed by atoms with Crippen molar-refractivity contribution in [3.63, 3.8) is 0 Å². The van der Waals surface area contributed by atoms with Gasteiger partial charge in [0.15, 0.2) is 0 Å². The van der Waals surface area contributed by atoms with Gasteiger partial charge in [0.25, 0.3) is 6.71 Å². The SMILES string of the molecule is [2H]c1c2c3c(c([2H])c1C(C)(C)C)-n1c4c(-c5ccccc5)cccc4c4ccccc4c4ccccc4c4c(-n5c6c([2H])c([2H])c([2H])c([2H])c6c6c([2H])c([2H])c([2H])c([2H])c65)c([2H])c([2H])c(c41)B3c1c([2H])c([2H])c(-n3c4c([2H])c([2H])c([2H])c([2H])c4c4c([2H])c([2H])c([2H])c([2H])c43)c3c4ccccc4c4ccccc4c4cccc(-c5ccccc5)c4n-2c13. The number of para-hydroxylation sites is 6. The fourth-order valence-corrected chi connectivity index (χ4v) is 16.1. The highest BCUT2D eigenvalue weighted by Crippen LogP contribution is 2.48. The van der Waals surface area contributed by atoms with E-state index in [0.717, 1.165) is 0 Å². The van der Waals surface area contributed by atoms with Crippen molar-refractivity contribution in [2.45, 2.75) is 26.2 Å². The van der Waals surface area contributed by atoms with Crippen LogP contribution in [0, 0.1) is 0 Å². The summed E-state index contributed by atoms with van der Waals surface area (Å²) in [5, 5.41) is 4.18. The van der Waals surface area contributed by atoms with Crippen LogP contribution in [0.5, 0.6) is 0 Å². The molecule has 0 N–H and O–H groups in total. The summed E-state index contributed by atoms with van der Waals surface area (Å²) in [6, 6.07) is 46.7. The average Bonchev–Trinajstić information content (AvgIpc) is 1.57. The monoisotopic (exact) mass is 1280 g/mol. The molecule has 462 valence electrons. The Morgan fingerprint density at radius 2 is 0.586 bits per heavy atom. The van der Waals surface area contributed by atoms with E-state index in [4.69, 9.17) is 0 Å². The summed E-state index contributed by atoms with van der Waals surface area (Å²) >= 11 is 0. The Balaban J connectivity index is 1.17. The molecular formula is C94H63BN4. The van der Waals surface area contributed by atoms with Gasteiger partial charge < -0.3 is 18.3 Å². The number of hydrogen-bond donors (Lipinski definition) is 0. The molecule has 0 amide bonds. The molecule has 0 unspecified atom stereocenters. The fourth-order valence-electron chi connectivity index (χ4n) is 16.1. The quantitative estimate of drug-likeness (QED) is 0.157. The van der Waals surface area contributed by atoms with Gasteiger partial charge in [-0.1, -0.05) is 299 Å². The molecule has 4 aromatic heterocycles. The lowest BCUT2D eigenvalue weighted by atomic mass is 9.34. The zero-order chi connectivity index (χ0) is 84.5. The normalized spacial score (nSPS) is 15.7. The van der Waals surface area contributed by atoms with E-state index in [1.807, 2.05) is 212 Å². The first-order valence-electron chi connectivity index (χ1n) is 43.9. The Kier molecular flexibility index (Phi) is 8.15. The van der Waals surface area contributed by atoms with Crippen LogP contribution < -0.4 is 16.4 Å². The Bertz CT molecular complexity index is 7660. The molecule has 0 saturated heterocycles. The third kappa shape index (κ3) is 7.87. The van der Waals surface area contributed by atoms with E-state index in [1.54, 1.807) is 12.1 Å². The summed E-state index contributed by atoms with van der Waals surface area (Å²) in [6.45, 7) is 3.99. The largest absolute Gasteiger partial charge is 0.309 e. The van der Waals surface area contributed by atoms with Crippen molar-refractivity contribution >= 4 is 153 Å². The predicted molar refractivity (Wildman–Crippen MR) is 423 cm³/mol. The number of aromatic nitrogens is 4. The standard InChI is InChI=1S/C94H63BN4/c1-94(2,3)60-56-85-89-86(57-60)99-91-62(59-30-8-5-9-31-59)45-27-47-76(91)68-37-13-11-33-64(68)66-35-15-17-43-74(66)88-84(97-81-50-24-20-40-71(81)72-41-21-25-51-82(72)97)55-53-78(93(88)99)95(89)77-52-54-83(96-79-48-22-18-38-69(79)70-39-19-23-49-80(70)96)87-73-42-16-14-34-65(73)63-32-10-12-36-67(63)75-46-26-44-61(58-28-6-4-7-29-58)90(75)98(85)92(77)87/h4-57H,1-3H3/i18D,19D,20D,21D,22D,23D,24D,25D,38D,39D,40D,41D,48D,49D,50D,51D,52D,53D,54D,55D,56D,57D. The summed E-state index contributed by atoms with van der Waals surface area (Å²) in [5.41, 5.74) is 0.450. The third-order valence-corrected chi connectivity index (χ3v) is 20.2. The van der Waals surface area contributed by atoms with Crippen LogP contribution in [-0.4, -0.2) is 25.0 Å². The van der Waals surface area contributed by atoms with E-state index >= 15 is 0 Å². The summed E-state index contributed by atoms with van der Waals surface area (Å²) in [4.78, 5) is 0. The van der Waals surface area contributed by atoms with Gasteiger partial charge in [-0.25, -0.2) is 0 Å². The molecule has 0 spiro atoms. The smallest absolute Gasteiger partial charge is 0.252 e. The highest BCUT2D eigenvalue weighted by Gasteiger charge is 2.42. The van der Waals surface area contributed by atoms with E-state index in [9.17, 15) is 30.2 Å². The summed E-state index contributed by atoms with van der Waals surface area (Å²) in [6.07, 6.45) is 0. The van der Waals surface area contributed by atoms with Crippen molar-refractivity contribution in [1.29, 1.82) is 0 Å². The van der Waals surface area contributed by atoms with Gasteiger partial charge >= 0.3 is 0 Å². The van der Waals surface area contributed by atoms with Crippen LogP contribution in [0.1, 0.15) is 56.5 Å². The minimum absolute atomic E-state index is 0.0389. The van der Waals surface area contributed by atoms with Crippen molar-refractivity contribution in [2.75, 3.05) is 0 Å². The maximum absolute atomic E-state index is 11.8. The highest BCUT2D eigenvalue weighted by molar-refractivity contribution is 7.00. The molecule has 0 saturated carbocycles. The zero-order valence-electron chi connectivity index (χ0n) is 75.3. The summed E-state index contributed by atoms with van der Waals surface area (Å²) < 4.78 is 232. The molecule has 0 fully saturated rings. The Morgan fingerprint density at radius 3 is 0.949 bits per heavy atom. The number of rotatable bonds is 4. The molecular weight excluding hydrogens is 1200 g/mol. The summed E-state index contributed by atoms with van der Waals surface area (Å²) in [5.74, 6) is 0. The average molecular weight is 1280 g/mol. The lowest BCUT2D eigenvalue weighted by Crippen LogP contribution is -2.60. The Morgan fingerprint density at radius 1 is 0.273 bits per heavy atom. The van der Waals surface area contributed by atoms with Crippen LogP contribution >= 0.6 is 0 Å².